The maximum atomic E-state index is 13.5. The molecule has 0 atom stereocenters. The van der Waals surface area contributed by atoms with Crippen molar-refractivity contribution < 1.29 is 36.2 Å². The number of alkyl halides is 6. The Kier molecular flexibility index (Phi) is 5.54. The van der Waals surface area contributed by atoms with Crippen LogP contribution in [0.3, 0.4) is 0 Å². The number of non-ortho nitro benzene ring substituents is 2. The Morgan fingerprint density at radius 3 is 1.41 bits per heavy atom. The van der Waals surface area contributed by atoms with E-state index in [9.17, 15) is 46.6 Å². The minimum atomic E-state index is -4.69. The van der Waals surface area contributed by atoms with Crippen molar-refractivity contribution in [1.82, 2.24) is 0 Å². The number of hydrogen-bond acceptors (Lipinski definition) is 4. The lowest BCUT2D eigenvalue weighted by Crippen LogP contribution is -1.96. The van der Waals surface area contributed by atoms with Crippen LogP contribution in [0.15, 0.2) is 36.4 Å². The third-order valence-electron chi connectivity index (χ3n) is 3.31. The molecular formula is C14H7F6N2O4S+. The standard InChI is InChI=1S/C13H6F3N2O4S.CHF3/c14-13(15,16)23-11-5-7(17(19)20)1-3-9(11)10-4-2-8(18(21)22)6-12(10)23;2-1(3)4/h1-6H;1H/q+1;. The summed E-state index contributed by atoms with van der Waals surface area (Å²) in [4.78, 5) is 20.1. The minimum absolute atomic E-state index is 0.209. The fourth-order valence-corrected chi connectivity index (χ4v) is 4.41. The monoisotopic (exact) mass is 413 g/mol. The first kappa shape index (κ1) is 20.4. The van der Waals surface area contributed by atoms with Crippen LogP contribution >= 0.6 is 10.5 Å². The van der Waals surface area contributed by atoms with Crippen molar-refractivity contribution in [3.05, 3.63) is 56.6 Å². The fraction of sp³-hybridized carbons (Fsp3) is 0.143. The topological polar surface area (TPSA) is 86.3 Å². The number of nitro benzene ring substituents is 2. The first-order valence-electron chi connectivity index (χ1n) is 6.74. The molecule has 0 aliphatic rings. The van der Waals surface area contributed by atoms with Crippen molar-refractivity contribution in [2.24, 2.45) is 0 Å². The smallest absolute Gasteiger partial charge is 0.258 e. The lowest BCUT2D eigenvalue weighted by Gasteiger charge is -1.96. The van der Waals surface area contributed by atoms with E-state index in [1.807, 2.05) is 0 Å². The van der Waals surface area contributed by atoms with Crippen molar-refractivity contribution in [2.75, 3.05) is 0 Å². The Morgan fingerprint density at radius 2 is 1.15 bits per heavy atom. The molecule has 0 bridgehead atoms. The summed E-state index contributed by atoms with van der Waals surface area (Å²) in [6.45, 7) is -3.67. The van der Waals surface area contributed by atoms with Crippen molar-refractivity contribution in [1.29, 1.82) is 0 Å². The van der Waals surface area contributed by atoms with Crippen LogP contribution in [0.5, 0.6) is 0 Å². The summed E-state index contributed by atoms with van der Waals surface area (Å²) in [5.41, 5.74) is -5.59. The molecule has 13 heteroatoms. The van der Waals surface area contributed by atoms with E-state index in [0.717, 1.165) is 24.3 Å². The second kappa shape index (κ2) is 7.34. The van der Waals surface area contributed by atoms with Gasteiger partial charge >= 0.3 is 12.2 Å². The van der Waals surface area contributed by atoms with Gasteiger partial charge in [-0.3, -0.25) is 20.2 Å². The van der Waals surface area contributed by atoms with Gasteiger partial charge in [0.2, 0.25) is 0 Å². The molecule has 27 heavy (non-hydrogen) atoms. The molecule has 1 heterocycles. The summed E-state index contributed by atoms with van der Waals surface area (Å²) < 4.78 is 68.9. The van der Waals surface area contributed by atoms with Gasteiger partial charge < -0.3 is 0 Å². The summed E-state index contributed by atoms with van der Waals surface area (Å²) in [5, 5.41) is 22.0. The molecule has 3 aromatic rings. The third-order valence-corrected chi connectivity index (χ3v) is 5.33. The van der Waals surface area contributed by atoms with Gasteiger partial charge in [0.1, 0.15) is 10.5 Å². The van der Waals surface area contributed by atoms with Gasteiger partial charge in [-0.15, -0.1) is 13.2 Å². The highest BCUT2D eigenvalue weighted by atomic mass is 32.2. The van der Waals surface area contributed by atoms with Gasteiger partial charge in [-0.05, 0) is 12.1 Å². The first-order chi connectivity index (χ1) is 12.4. The van der Waals surface area contributed by atoms with E-state index in [4.69, 9.17) is 0 Å². The van der Waals surface area contributed by atoms with Crippen molar-refractivity contribution in [2.45, 2.75) is 12.2 Å². The maximum Gasteiger partial charge on any atom is 0.601 e. The van der Waals surface area contributed by atoms with Crippen LogP contribution in [0.2, 0.25) is 0 Å². The molecule has 3 rings (SSSR count). The number of thiophene rings is 1. The molecule has 2 aromatic carbocycles. The van der Waals surface area contributed by atoms with E-state index in [0.29, 0.717) is 0 Å². The van der Waals surface area contributed by atoms with E-state index in [1.165, 1.54) is 12.1 Å². The predicted octanol–water partition coefficient (Wildman–Crippen LogP) is 6.21. The Bertz CT molecular complexity index is 960. The maximum absolute atomic E-state index is 13.5. The largest absolute Gasteiger partial charge is 0.601 e. The highest BCUT2D eigenvalue weighted by Crippen LogP contribution is 2.55. The van der Waals surface area contributed by atoms with Crippen LogP contribution in [-0.2, 0) is 5.51 Å². The number of halogens is 6. The second-order valence-corrected chi connectivity index (χ2v) is 6.83. The van der Waals surface area contributed by atoms with Crippen LogP contribution < -0.4 is 0 Å². The number of nitro groups is 2. The average molecular weight is 413 g/mol. The molecule has 144 valence electrons. The molecular weight excluding hydrogens is 406 g/mol. The third kappa shape index (κ3) is 4.24. The Morgan fingerprint density at radius 1 is 0.815 bits per heavy atom. The van der Waals surface area contributed by atoms with Crippen LogP contribution in [0, 0.1) is 20.2 Å². The molecule has 0 aliphatic heterocycles. The lowest BCUT2D eigenvalue weighted by molar-refractivity contribution is -0.384. The molecule has 0 amide bonds. The zero-order chi connectivity index (χ0) is 20.5. The number of benzene rings is 2. The van der Waals surface area contributed by atoms with Gasteiger partial charge in [0.15, 0.2) is 9.40 Å². The normalized spacial score (nSPS) is 11.5. The summed E-state index contributed by atoms with van der Waals surface area (Å²) in [6, 6.07) is 6.50. The van der Waals surface area contributed by atoms with Crippen LogP contribution in [0.1, 0.15) is 0 Å². The van der Waals surface area contributed by atoms with E-state index >= 15 is 0 Å². The molecule has 0 N–H and O–H groups in total. The molecule has 0 saturated carbocycles. The minimum Gasteiger partial charge on any atom is -0.258 e. The van der Waals surface area contributed by atoms with Gasteiger partial charge in [-0.2, -0.15) is 13.2 Å². The van der Waals surface area contributed by atoms with Crippen molar-refractivity contribution in [3.8, 4) is 0 Å². The highest BCUT2D eigenvalue weighted by molar-refractivity contribution is 7.44. The van der Waals surface area contributed by atoms with Crippen LogP contribution in [-0.4, -0.2) is 16.5 Å². The van der Waals surface area contributed by atoms with Gasteiger partial charge in [-0.25, -0.2) is 0 Å². The van der Waals surface area contributed by atoms with Crippen molar-refractivity contribution >= 4 is 42.0 Å². The van der Waals surface area contributed by atoms with Crippen LogP contribution in [0.4, 0.5) is 37.7 Å². The summed E-state index contributed by atoms with van der Waals surface area (Å²) in [6.07, 6.45) is 0. The molecule has 0 saturated heterocycles. The Hall–Kier alpha value is -2.96. The zero-order valence-electron chi connectivity index (χ0n) is 12.7. The number of hydrogen-bond donors (Lipinski definition) is 0. The quantitative estimate of drug-likeness (QED) is 0.216. The molecule has 0 aliphatic carbocycles. The second-order valence-electron chi connectivity index (χ2n) is 4.87. The van der Waals surface area contributed by atoms with E-state index in [2.05, 4.69) is 0 Å². The van der Waals surface area contributed by atoms with E-state index in [1.54, 1.807) is 0 Å². The van der Waals surface area contributed by atoms with Gasteiger partial charge in [0.25, 0.3) is 11.4 Å². The zero-order valence-corrected chi connectivity index (χ0v) is 13.6. The van der Waals surface area contributed by atoms with Gasteiger partial charge in [-0.1, -0.05) is 0 Å². The highest BCUT2D eigenvalue weighted by Gasteiger charge is 2.48. The molecule has 0 radical (unpaired) electrons. The summed E-state index contributed by atoms with van der Waals surface area (Å²) >= 11 is 0. The number of fused-ring (bicyclic) bond motifs is 3. The lowest BCUT2D eigenvalue weighted by atomic mass is 10.1. The van der Waals surface area contributed by atoms with Crippen LogP contribution in [0.25, 0.3) is 20.2 Å². The molecule has 6 nitrogen and oxygen atoms in total. The molecule has 0 unspecified atom stereocenters. The SMILES string of the molecule is FC(F)F.O=[N+]([O-])c1ccc2c3ccc([N+](=O)[O-])cc3[s+](C(F)(F)F)c2c1. The number of rotatable bonds is 2. The molecule has 1 aromatic heterocycles. The Labute approximate surface area is 147 Å². The summed E-state index contributed by atoms with van der Waals surface area (Å²) in [7, 11) is -2.46. The van der Waals surface area contributed by atoms with Gasteiger partial charge in [0, 0.05) is 22.9 Å². The predicted molar refractivity (Wildman–Crippen MR) is 85.7 cm³/mol. The fourth-order valence-electron chi connectivity index (χ4n) is 2.40. The van der Waals surface area contributed by atoms with Gasteiger partial charge in [0.05, 0.1) is 22.0 Å². The first-order valence-corrected chi connectivity index (χ1v) is 7.96. The summed E-state index contributed by atoms with van der Waals surface area (Å²) in [5.74, 6) is 0. The van der Waals surface area contributed by atoms with Crippen molar-refractivity contribution in [3.63, 3.8) is 0 Å². The van der Waals surface area contributed by atoms with E-state index in [-0.39, 0.29) is 20.2 Å². The molecule has 0 spiro atoms. The molecule has 0 fully saturated rings. The average Bonchev–Trinajstić information content (AvgIpc) is 2.86. The number of nitrogens with zero attached hydrogens (tertiary/aromatic N) is 2. The Balaban J connectivity index is 0.000000596. The van der Waals surface area contributed by atoms with E-state index < -0.39 is 43.9 Å².